The normalized spacial score (nSPS) is 16.9. The topological polar surface area (TPSA) is 55.7 Å². The maximum Gasteiger partial charge on any atom is 0.331 e. The van der Waals surface area contributed by atoms with Gasteiger partial charge in [0, 0.05) is 17.9 Å². The lowest BCUT2D eigenvalue weighted by Gasteiger charge is -2.21. The van der Waals surface area contributed by atoms with Crippen molar-refractivity contribution in [2.45, 2.75) is 45.4 Å². The molecule has 0 atom stereocenters. The molecular weight excluding hydrogens is 274 g/mol. The summed E-state index contributed by atoms with van der Waals surface area (Å²) in [4.78, 5) is 28.0. The van der Waals surface area contributed by atoms with E-state index in [0.717, 1.165) is 12.8 Å². The zero-order chi connectivity index (χ0) is 14.4. The first kappa shape index (κ1) is 14.9. The fourth-order valence-electron chi connectivity index (χ4n) is 2.52. The van der Waals surface area contributed by atoms with Crippen LogP contribution in [0.2, 0.25) is 0 Å². The highest BCUT2D eigenvalue weighted by Gasteiger charge is 2.22. The standard InChI is InChI=1S/C15H19NO3S/c1-11(17)19-16-14(9-12-5-3-2-4-6-12)15(18)13-7-8-20-10-13/h7-8,10,12H,2-6,9H2,1H3. The molecule has 5 heteroatoms. The number of Topliss-reactive ketones (excluding diaryl/α,β-unsaturated/α-hetero) is 1. The molecule has 0 N–H and O–H groups in total. The van der Waals surface area contributed by atoms with Crippen molar-refractivity contribution in [2.75, 3.05) is 0 Å². The van der Waals surface area contributed by atoms with Crippen molar-refractivity contribution in [2.24, 2.45) is 11.1 Å². The Balaban J connectivity index is 2.09. The summed E-state index contributed by atoms with van der Waals surface area (Å²) >= 11 is 1.47. The third kappa shape index (κ3) is 4.27. The number of hydrogen-bond donors (Lipinski definition) is 0. The molecule has 1 aromatic rings. The van der Waals surface area contributed by atoms with Crippen molar-refractivity contribution in [3.8, 4) is 0 Å². The molecule has 0 bridgehead atoms. The number of rotatable bonds is 5. The van der Waals surface area contributed by atoms with Crippen molar-refractivity contribution in [3.63, 3.8) is 0 Å². The molecule has 0 radical (unpaired) electrons. The summed E-state index contributed by atoms with van der Waals surface area (Å²) in [5.41, 5.74) is 0.988. The maximum atomic E-state index is 12.4. The molecule has 0 unspecified atom stereocenters. The van der Waals surface area contributed by atoms with Crippen LogP contribution >= 0.6 is 11.3 Å². The molecule has 0 aromatic carbocycles. The van der Waals surface area contributed by atoms with Crippen LogP contribution in [0.4, 0.5) is 0 Å². The minimum atomic E-state index is -0.496. The molecule has 1 saturated carbocycles. The van der Waals surface area contributed by atoms with Gasteiger partial charge in [0.15, 0.2) is 0 Å². The van der Waals surface area contributed by atoms with Gasteiger partial charge in [-0.2, -0.15) is 11.3 Å². The van der Waals surface area contributed by atoms with E-state index in [2.05, 4.69) is 5.16 Å². The lowest BCUT2D eigenvalue weighted by atomic mass is 9.84. The Hall–Kier alpha value is -1.49. The Labute approximate surface area is 122 Å². The van der Waals surface area contributed by atoms with Gasteiger partial charge in [-0.1, -0.05) is 37.3 Å². The van der Waals surface area contributed by atoms with E-state index in [1.807, 2.05) is 5.38 Å². The molecule has 0 spiro atoms. The smallest absolute Gasteiger partial charge is 0.318 e. The first-order chi connectivity index (χ1) is 9.66. The van der Waals surface area contributed by atoms with Gasteiger partial charge in [0.05, 0.1) is 0 Å². The van der Waals surface area contributed by atoms with Gasteiger partial charge >= 0.3 is 5.97 Å². The molecule has 1 aromatic heterocycles. The quantitative estimate of drug-likeness (QED) is 0.359. The molecule has 2 rings (SSSR count). The number of hydrogen-bond acceptors (Lipinski definition) is 5. The summed E-state index contributed by atoms with van der Waals surface area (Å²) in [6.07, 6.45) is 6.52. The SMILES string of the molecule is CC(=O)ON=C(CC1CCCCC1)C(=O)c1ccsc1. The number of carbonyl (C=O) groups excluding carboxylic acids is 2. The Morgan fingerprint density at radius 2 is 2.10 bits per heavy atom. The van der Waals surface area contributed by atoms with E-state index >= 15 is 0 Å². The van der Waals surface area contributed by atoms with Crippen LogP contribution in [0, 0.1) is 5.92 Å². The van der Waals surface area contributed by atoms with Crippen molar-refractivity contribution < 1.29 is 14.4 Å². The lowest BCUT2D eigenvalue weighted by Crippen LogP contribution is -2.20. The van der Waals surface area contributed by atoms with Crippen molar-refractivity contribution in [3.05, 3.63) is 22.4 Å². The Morgan fingerprint density at radius 3 is 2.70 bits per heavy atom. The summed E-state index contributed by atoms with van der Waals surface area (Å²) in [5.74, 6) is -0.150. The second-order valence-corrected chi connectivity index (χ2v) is 5.95. The predicted octanol–water partition coefficient (Wildman–Crippen LogP) is 3.82. The molecule has 0 saturated heterocycles. The van der Waals surface area contributed by atoms with Crippen LogP contribution in [0.25, 0.3) is 0 Å². The molecule has 1 aliphatic carbocycles. The van der Waals surface area contributed by atoms with Gasteiger partial charge in [-0.3, -0.25) is 4.79 Å². The number of ketones is 1. The largest absolute Gasteiger partial charge is 0.331 e. The summed E-state index contributed by atoms with van der Waals surface area (Å²) in [6.45, 7) is 1.29. The zero-order valence-electron chi connectivity index (χ0n) is 11.6. The predicted molar refractivity (Wildman–Crippen MR) is 79.0 cm³/mol. The van der Waals surface area contributed by atoms with Crippen LogP contribution in [0.3, 0.4) is 0 Å². The number of thiophene rings is 1. The van der Waals surface area contributed by atoms with E-state index in [4.69, 9.17) is 4.84 Å². The van der Waals surface area contributed by atoms with Crippen LogP contribution in [0.5, 0.6) is 0 Å². The third-order valence-electron chi connectivity index (χ3n) is 3.54. The van der Waals surface area contributed by atoms with Crippen LogP contribution in [-0.4, -0.2) is 17.5 Å². The fourth-order valence-corrected chi connectivity index (χ4v) is 3.15. The summed E-state index contributed by atoms with van der Waals surface area (Å²) in [6, 6.07) is 1.77. The molecular formula is C15H19NO3S. The second kappa shape index (κ2) is 7.33. The van der Waals surface area contributed by atoms with Gasteiger partial charge < -0.3 is 4.84 Å². The molecule has 1 fully saturated rings. The highest BCUT2D eigenvalue weighted by Crippen LogP contribution is 2.27. The van der Waals surface area contributed by atoms with Crippen LogP contribution in [-0.2, 0) is 9.63 Å². The zero-order valence-corrected chi connectivity index (χ0v) is 12.4. The lowest BCUT2D eigenvalue weighted by molar-refractivity contribution is -0.140. The summed E-state index contributed by atoms with van der Waals surface area (Å²) in [7, 11) is 0. The molecule has 1 aliphatic rings. The molecule has 0 amide bonds. The van der Waals surface area contributed by atoms with Gasteiger partial charge in [-0.25, -0.2) is 4.79 Å². The highest BCUT2D eigenvalue weighted by atomic mass is 32.1. The number of oxime groups is 1. The third-order valence-corrected chi connectivity index (χ3v) is 4.22. The maximum absolute atomic E-state index is 12.4. The minimum absolute atomic E-state index is 0.127. The first-order valence-corrected chi connectivity index (χ1v) is 7.92. The van der Waals surface area contributed by atoms with Crippen molar-refractivity contribution >= 4 is 28.8 Å². The highest BCUT2D eigenvalue weighted by molar-refractivity contribution is 7.08. The fraction of sp³-hybridized carbons (Fsp3) is 0.533. The molecule has 1 heterocycles. The summed E-state index contributed by atoms with van der Waals surface area (Å²) < 4.78 is 0. The first-order valence-electron chi connectivity index (χ1n) is 6.98. The van der Waals surface area contributed by atoms with Gasteiger partial charge in [-0.05, 0) is 23.8 Å². The average Bonchev–Trinajstić information content (AvgIpc) is 2.97. The van der Waals surface area contributed by atoms with Gasteiger partial charge in [-0.15, -0.1) is 0 Å². The monoisotopic (exact) mass is 293 g/mol. The van der Waals surface area contributed by atoms with E-state index in [1.165, 1.54) is 37.5 Å². The van der Waals surface area contributed by atoms with E-state index < -0.39 is 5.97 Å². The minimum Gasteiger partial charge on any atom is -0.318 e. The van der Waals surface area contributed by atoms with Crippen LogP contribution in [0.1, 0.15) is 55.8 Å². The molecule has 4 nitrogen and oxygen atoms in total. The van der Waals surface area contributed by atoms with E-state index in [0.29, 0.717) is 23.6 Å². The Morgan fingerprint density at radius 1 is 1.35 bits per heavy atom. The van der Waals surface area contributed by atoms with Gasteiger partial charge in [0.25, 0.3) is 0 Å². The van der Waals surface area contributed by atoms with Crippen LogP contribution in [0.15, 0.2) is 22.0 Å². The Bertz CT molecular complexity index is 487. The second-order valence-electron chi connectivity index (χ2n) is 5.17. The average molecular weight is 293 g/mol. The van der Waals surface area contributed by atoms with Gasteiger partial charge in [0.2, 0.25) is 5.78 Å². The number of nitrogens with zero attached hydrogens (tertiary/aromatic N) is 1. The summed E-state index contributed by atoms with van der Waals surface area (Å²) in [5, 5.41) is 7.45. The van der Waals surface area contributed by atoms with Crippen molar-refractivity contribution in [1.82, 2.24) is 0 Å². The molecule has 20 heavy (non-hydrogen) atoms. The van der Waals surface area contributed by atoms with E-state index in [1.54, 1.807) is 11.4 Å². The molecule has 0 aliphatic heterocycles. The van der Waals surface area contributed by atoms with E-state index in [-0.39, 0.29) is 5.78 Å². The van der Waals surface area contributed by atoms with Gasteiger partial charge in [0.1, 0.15) is 5.71 Å². The van der Waals surface area contributed by atoms with E-state index in [9.17, 15) is 9.59 Å². The Kier molecular flexibility index (Phi) is 5.47. The van der Waals surface area contributed by atoms with Crippen LogP contribution < -0.4 is 0 Å². The number of carbonyl (C=O) groups is 2. The molecule has 108 valence electrons. The van der Waals surface area contributed by atoms with Crippen molar-refractivity contribution in [1.29, 1.82) is 0 Å².